The molecule has 1 heterocycles. The predicted octanol–water partition coefficient (Wildman–Crippen LogP) is 3.03. The zero-order valence-electron chi connectivity index (χ0n) is 8.55. The molecule has 2 heteroatoms. The molecule has 0 amide bonds. The molecule has 13 heavy (non-hydrogen) atoms. The van der Waals surface area contributed by atoms with E-state index < -0.39 is 0 Å². The molecule has 0 aliphatic carbocycles. The van der Waals surface area contributed by atoms with Crippen LogP contribution in [0.3, 0.4) is 0 Å². The summed E-state index contributed by atoms with van der Waals surface area (Å²) in [6.07, 6.45) is 6.12. The quantitative estimate of drug-likeness (QED) is 0.758. The maximum absolute atomic E-state index is 6.04. The van der Waals surface area contributed by atoms with Crippen molar-refractivity contribution in [1.29, 1.82) is 0 Å². The van der Waals surface area contributed by atoms with Crippen molar-refractivity contribution in [3.8, 4) is 0 Å². The molecule has 1 rings (SSSR count). The summed E-state index contributed by atoms with van der Waals surface area (Å²) in [5.74, 6) is 1.05. The second-order valence-corrected chi connectivity index (χ2v) is 3.40. The van der Waals surface area contributed by atoms with E-state index >= 15 is 0 Å². The molecule has 0 unspecified atom stereocenters. The van der Waals surface area contributed by atoms with Crippen LogP contribution in [0.15, 0.2) is 16.7 Å². The molecule has 0 spiro atoms. The number of furan rings is 1. The smallest absolute Gasteiger partial charge is 0.108 e. The van der Waals surface area contributed by atoms with Gasteiger partial charge in [-0.05, 0) is 12.5 Å². The van der Waals surface area contributed by atoms with Crippen molar-refractivity contribution < 1.29 is 4.42 Å². The number of nitrogens with two attached hydrogens (primary N) is 1. The second-order valence-electron chi connectivity index (χ2n) is 3.40. The Morgan fingerprint density at radius 2 is 2.23 bits per heavy atom. The minimum Gasteiger partial charge on any atom is -0.469 e. The van der Waals surface area contributed by atoms with Crippen molar-refractivity contribution in [2.45, 2.75) is 45.6 Å². The topological polar surface area (TPSA) is 39.2 Å². The number of aryl methyl sites for hydroxylation is 1. The fourth-order valence-electron chi connectivity index (χ4n) is 1.55. The number of unbranched alkanes of at least 4 members (excludes halogenated alkanes) is 1. The normalized spacial score (nSPS) is 13.2. The molecule has 0 aliphatic heterocycles. The number of hydrogen-bond donors (Lipinski definition) is 1. The van der Waals surface area contributed by atoms with Gasteiger partial charge < -0.3 is 10.2 Å². The van der Waals surface area contributed by atoms with Crippen LogP contribution in [-0.2, 0) is 6.42 Å². The SMILES string of the molecule is CCCC[C@H](N)c1ccoc1CC. The molecule has 0 fully saturated rings. The Morgan fingerprint density at radius 3 is 2.85 bits per heavy atom. The lowest BCUT2D eigenvalue weighted by atomic mass is 10.0. The van der Waals surface area contributed by atoms with Crippen LogP contribution in [0.2, 0.25) is 0 Å². The molecule has 0 aliphatic rings. The minimum absolute atomic E-state index is 0.161. The highest BCUT2D eigenvalue weighted by Crippen LogP contribution is 2.22. The van der Waals surface area contributed by atoms with Gasteiger partial charge in [-0.1, -0.05) is 26.7 Å². The van der Waals surface area contributed by atoms with Crippen LogP contribution in [0.4, 0.5) is 0 Å². The average Bonchev–Trinajstić information content (AvgIpc) is 2.61. The third-order valence-corrected chi connectivity index (χ3v) is 2.37. The average molecular weight is 181 g/mol. The monoisotopic (exact) mass is 181 g/mol. The van der Waals surface area contributed by atoms with Gasteiger partial charge in [0.05, 0.1) is 6.26 Å². The molecule has 0 radical (unpaired) electrons. The molecule has 2 nitrogen and oxygen atoms in total. The molecule has 0 aromatic carbocycles. The van der Waals surface area contributed by atoms with Crippen LogP contribution in [0.1, 0.15) is 50.5 Å². The minimum atomic E-state index is 0.161. The first kappa shape index (κ1) is 10.3. The lowest BCUT2D eigenvalue weighted by Crippen LogP contribution is -2.10. The highest BCUT2D eigenvalue weighted by atomic mass is 16.3. The highest BCUT2D eigenvalue weighted by molar-refractivity contribution is 5.20. The Bertz CT molecular complexity index is 242. The van der Waals surface area contributed by atoms with E-state index in [4.69, 9.17) is 10.2 Å². The summed E-state index contributed by atoms with van der Waals surface area (Å²) in [7, 11) is 0. The van der Waals surface area contributed by atoms with E-state index in [0.717, 1.165) is 18.6 Å². The summed E-state index contributed by atoms with van der Waals surface area (Å²) in [6, 6.07) is 2.16. The van der Waals surface area contributed by atoms with E-state index in [1.165, 1.54) is 18.4 Å². The van der Waals surface area contributed by atoms with Crippen LogP contribution in [0, 0.1) is 0 Å². The Kier molecular flexibility index (Phi) is 4.03. The summed E-state index contributed by atoms with van der Waals surface area (Å²) < 4.78 is 5.33. The van der Waals surface area contributed by atoms with Gasteiger partial charge >= 0.3 is 0 Å². The maximum atomic E-state index is 6.04. The molecule has 0 bridgehead atoms. The Labute approximate surface area is 80.1 Å². The lowest BCUT2D eigenvalue weighted by Gasteiger charge is -2.09. The Morgan fingerprint density at radius 1 is 1.46 bits per heavy atom. The Balaban J connectivity index is 2.59. The van der Waals surface area contributed by atoms with E-state index in [0.29, 0.717) is 0 Å². The van der Waals surface area contributed by atoms with E-state index in [1.807, 2.05) is 6.07 Å². The third-order valence-electron chi connectivity index (χ3n) is 2.37. The molecule has 0 saturated carbocycles. The number of rotatable bonds is 5. The van der Waals surface area contributed by atoms with Gasteiger partial charge in [-0.25, -0.2) is 0 Å². The van der Waals surface area contributed by atoms with Crippen molar-refractivity contribution in [2.75, 3.05) is 0 Å². The third kappa shape index (κ3) is 2.59. The van der Waals surface area contributed by atoms with Crippen LogP contribution in [-0.4, -0.2) is 0 Å². The standard InChI is InChI=1S/C11H19NO/c1-3-5-6-10(12)9-7-8-13-11(9)4-2/h7-8,10H,3-6,12H2,1-2H3/t10-/m0/s1. The first-order valence-electron chi connectivity index (χ1n) is 5.11. The second kappa shape index (κ2) is 5.07. The molecule has 0 saturated heterocycles. The van der Waals surface area contributed by atoms with Crippen molar-refractivity contribution in [3.05, 3.63) is 23.7 Å². The van der Waals surface area contributed by atoms with Gasteiger partial charge in [-0.2, -0.15) is 0 Å². The molecule has 1 atom stereocenters. The summed E-state index contributed by atoms with van der Waals surface area (Å²) in [5.41, 5.74) is 7.23. The van der Waals surface area contributed by atoms with Gasteiger partial charge in [0.25, 0.3) is 0 Å². The van der Waals surface area contributed by atoms with E-state index in [2.05, 4.69) is 13.8 Å². The molecule has 1 aromatic heterocycles. The molecular weight excluding hydrogens is 162 g/mol. The van der Waals surface area contributed by atoms with E-state index in [-0.39, 0.29) is 6.04 Å². The first-order chi connectivity index (χ1) is 6.29. The predicted molar refractivity (Wildman–Crippen MR) is 54.5 cm³/mol. The maximum Gasteiger partial charge on any atom is 0.108 e. The van der Waals surface area contributed by atoms with E-state index in [9.17, 15) is 0 Å². The van der Waals surface area contributed by atoms with Gasteiger partial charge in [0.1, 0.15) is 5.76 Å². The van der Waals surface area contributed by atoms with Crippen molar-refractivity contribution in [1.82, 2.24) is 0 Å². The first-order valence-corrected chi connectivity index (χ1v) is 5.11. The van der Waals surface area contributed by atoms with Gasteiger partial charge in [0.2, 0.25) is 0 Å². The van der Waals surface area contributed by atoms with Crippen molar-refractivity contribution in [2.24, 2.45) is 5.73 Å². The highest BCUT2D eigenvalue weighted by Gasteiger charge is 2.11. The summed E-state index contributed by atoms with van der Waals surface area (Å²) in [5, 5.41) is 0. The van der Waals surface area contributed by atoms with E-state index in [1.54, 1.807) is 6.26 Å². The largest absolute Gasteiger partial charge is 0.469 e. The Hall–Kier alpha value is -0.760. The molecule has 1 aromatic rings. The van der Waals surface area contributed by atoms with Crippen LogP contribution in [0.25, 0.3) is 0 Å². The van der Waals surface area contributed by atoms with Crippen LogP contribution in [0.5, 0.6) is 0 Å². The zero-order chi connectivity index (χ0) is 9.68. The summed E-state index contributed by atoms with van der Waals surface area (Å²) in [6.45, 7) is 4.28. The molecular formula is C11H19NO. The van der Waals surface area contributed by atoms with Crippen LogP contribution >= 0.6 is 0 Å². The van der Waals surface area contributed by atoms with Gasteiger partial charge in [0, 0.05) is 18.0 Å². The van der Waals surface area contributed by atoms with Gasteiger partial charge in [-0.3, -0.25) is 0 Å². The van der Waals surface area contributed by atoms with Gasteiger partial charge in [-0.15, -0.1) is 0 Å². The zero-order valence-corrected chi connectivity index (χ0v) is 8.55. The molecule has 2 N–H and O–H groups in total. The molecule has 74 valence electrons. The van der Waals surface area contributed by atoms with Crippen molar-refractivity contribution in [3.63, 3.8) is 0 Å². The summed E-state index contributed by atoms with van der Waals surface area (Å²) >= 11 is 0. The number of hydrogen-bond acceptors (Lipinski definition) is 2. The van der Waals surface area contributed by atoms with Gasteiger partial charge in [0.15, 0.2) is 0 Å². The van der Waals surface area contributed by atoms with Crippen LogP contribution < -0.4 is 5.73 Å². The summed E-state index contributed by atoms with van der Waals surface area (Å²) in [4.78, 5) is 0. The fraction of sp³-hybridized carbons (Fsp3) is 0.636. The fourth-order valence-corrected chi connectivity index (χ4v) is 1.55. The van der Waals surface area contributed by atoms with Crippen molar-refractivity contribution >= 4 is 0 Å². The lowest BCUT2D eigenvalue weighted by molar-refractivity contribution is 0.500.